The second kappa shape index (κ2) is 9.59. The molecule has 0 aromatic heterocycles. The topological polar surface area (TPSA) is 88.1 Å². The van der Waals surface area contributed by atoms with Gasteiger partial charge in [0.25, 0.3) is 0 Å². The Morgan fingerprint density at radius 1 is 1.04 bits per heavy atom. The van der Waals surface area contributed by atoms with Gasteiger partial charge in [-0.25, -0.2) is 0 Å². The fourth-order valence-electron chi connectivity index (χ4n) is 2.62. The molecular formula is C18H22O7S. The van der Waals surface area contributed by atoms with Crippen LogP contribution < -0.4 is 0 Å². The summed E-state index contributed by atoms with van der Waals surface area (Å²) in [5.41, 5.74) is 0. The van der Waals surface area contributed by atoms with Gasteiger partial charge in [-0.05, 0) is 12.1 Å². The van der Waals surface area contributed by atoms with Crippen LogP contribution in [-0.4, -0.2) is 48.3 Å². The Labute approximate surface area is 156 Å². The lowest BCUT2D eigenvalue weighted by atomic mass is 10.0. The molecule has 0 aliphatic carbocycles. The van der Waals surface area contributed by atoms with E-state index in [4.69, 9.17) is 18.9 Å². The molecule has 0 spiro atoms. The molecule has 0 radical (unpaired) electrons. The van der Waals surface area contributed by atoms with Gasteiger partial charge in [-0.2, -0.15) is 0 Å². The molecule has 1 fully saturated rings. The Hall–Kier alpha value is -2.06. The van der Waals surface area contributed by atoms with E-state index in [0.29, 0.717) is 6.42 Å². The SMILES string of the molecule is CC(=O)OC[C@H]1O[C@H](OC(C)=O)C[C@@H](Sc2ccccc2)[C@@H]1OC(C)=O. The lowest BCUT2D eigenvalue weighted by molar-refractivity contribution is -0.232. The summed E-state index contributed by atoms with van der Waals surface area (Å²) in [5, 5.41) is -0.236. The number of rotatable bonds is 6. The molecule has 1 heterocycles. The van der Waals surface area contributed by atoms with Crippen molar-refractivity contribution in [2.45, 2.75) is 55.8 Å². The summed E-state index contributed by atoms with van der Waals surface area (Å²) < 4.78 is 21.4. The molecule has 0 N–H and O–H groups in total. The molecule has 1 aromatic carbocycles. The molecule has 4 atom stereocenters. The molecule has 1 aromatic rings. The third-order valence-corrected chi connectivity index (χ3v) is 4.87. The van der Waals surface area contributed by atoms with Crippen LogP contribution in [-0.2, 0) is 33.3 Å². The van der Waals surface area contributed by atoms with Gasteiger partial charge >= 0.3 is 17.9 Å². The van der Waals surface area contributed by atoms with Crippen molar-refractivity contribution in [3.05, 3.63) is 30.3 Å². The summed E-state index contributed by atoms with van der Waals surface area (Å²) in [7, 11) is 0. The van der Waals surface area contributed by atoms with Crippen molar-refractivity contribution in [2.24, 2.45) is 0 Å². The third-order valence-electron chi connectivity index (χ3n) is 3.57. The Morgan fingerprint density at radius 2 is 1.69 bits per heavy atom. The molecule has 0 saturated carbocycles. The highest BCUT2D eigenvalue weighted by Gasteiger charge is 2.43. The van der Waals surface area contributed by atoms with Gasteiger partial charge < -0.3 is 18.9 Å². The van der Waals surface area contributed by atoms with Gasteiger partial charge in [-0.1, -0.05) is 18.2 Å². The van der Waals surface area contributed by atoms with Crippen molar-refractivity contribution in [3.63, 3.8) is 0 Å². The average Bonchev–Trinajstić information content (AvgIpc) is 2.55. The van der Waals surface area contributed by atoms with Crippen LogP contribution in [0.5, 0.6) is 0 Å². The van der Waals surface area contributed by atoms with Crippen LogP contribution in [0, 0.1) is 0 Å². The summed E-state index contributed by atoms with van der Waals surface area (Å²) in [6.07, 6.45) is -1.85. The first kappa shape index (κ1) is 20.3. The van der Waals surface area contributed by atoms with Crippen molar-refractivity contribution in [2.75, 3.05) is 6.61 Å². The van der Waals surface area contributed by atoms with Gasteiger partial charge in [0, 0.05) is 32.1 Å². The number of esters is 3. The van der Waals surface area contributed by atoms with Crippen molar-refractivity contribution in [3.8, 4) is 0 Å². The molecule has 2 rings (SSSR count). The Bertz CT molecular complexity index is 634. The van der Waals surface area contributed by atoms with Gasteiger partial charge in [0.1, 0.15) is 18.8 Å². The Balaban J connectivity index is 2.22. The second-order valence-corrected chi connectivity index (χ2v) is 7.11. The standard InChI is InChI=1S/C18H22O7S/c1-11(19)22-10-15-18(24-13(3)21)16(9-17(25-15)23-12(2)20)26-14-7-5-4-6-8-14/h4-8,15-18H,9-10H2,1-3H3/t15-,16-,17+,18-/m1/s1. The second-order valence-electron chi connectivity index (χ2n) is 5.80. The lowest BCUT2D eigenvalue weighted by Crippen LogP contribution is -2.52. The molecular weight excluding hydrogens is 360 g/mol. The number of carbonyl (C=O) groups is 3. The minimum atomic E-state index is -0.805. The van der Waals surface area contributed by atoms with E-state index in [1.807, 2.05) is 30.3 Å². The maximum Gasteiger partial charge on any atom is 0.304 e. The van der Waals surface area contributed by atoms with Crippen molar-refractivity contribution < 1.29 is 33.3 Å². The molecule has 0 amide bonds. The van der Waals surface area contributed by atoms with E-state index in [-0.39, 0.29) is 11.9 Å². The normalized spacial score (nSPS) is 25.2. The van der Waals surface area contributed by atoms with E-state index >= 15 is 0 Å². The molecule has 142 valence electrons. The largest absolute Gasteiger partial charge is 0.463 e. The smallest absolute Gasteiger partial charge is 0.304 e. The van der Waals surface area contributed by atoms with Crippen LogP contribution in [0.1, 0.15) is 27.2 Å². The Morgan fingerprint density at radius 3 is 2.27 bits per heavy atom. The van der Waals surface area contributed by atoms with Crippen LogP contribution in [0.3, 0.4) is 0 Å². The minimum Gasteiger partial charge on any atom is -0.463 e. The van der Waals surface area contributed by atoms with Crippen LogP contribution in [0.2, 0.25) is 0 Å². The van der Waals surface area contributed by atoms with Crippen molar-refractivity contribution >= 4 is 29.7 Å². The van der Waals surface area contributed by atoms with E-state index in [1.54, 1.807) is 0 Å². The molecule has 0 unspecified atom stereocenters. The summed E-state index contributed by atoms with van der Waals surface area (Å²) in [6.45, 7) is 3.79. The molecule has 26 heavy (non-hydrogen) atoms. The molecule has 8 heteroatoms. The van der Waals surface area contributed by atoms with Gasteiger partial charge in [0.2, 0.25) is 6.29 Å². The van der Waals surface area contributed by atoms with Crippen LogP contribution in [0.25, 0.3) is 0 Å². The highest BCUT2D eigenvalue weighted by molar-refractivity contribution is 8.00. The van der Waals surface area contributed by atoms with Gasteiger partial charge in [-0.3, -0.25) is 14.4 Å². The first-order valence-electron chi connectivity index (χ1n) is 8.20. The first-order chi connectivity index (χ1) is 12.3. The lowest BCUT2D eigenvalue weighted by Gasteiger charge is -2.39. The van der Waals surface area contributed by atoms with Crippen LogP contribution in [0.15, 0.2) is 35.2 Å². The zero-order valence-corrected chi connectivity index (χ0v) is 15.7. The number of hydrogen-bond donors (Lipinski definition) is 0. The van der Waals surface area contributed by atoms with Gasteiger partial charge in [0.05, 0.1) is 5.25 Å². The minimum absolute atomic E-state index is 0.100. The summed E-state index contributed by atoms with van der Waals surface area (Å²) in [4.78, 5) is 35.0. The van der Waals surface area contributed by atoms with Crippen molar-refractivity contribution in [1.82, 2.24) is 0 Å². The highest BCUT2D eigenvalue weighted by Crippen LogP contribution is 2.36. The fourth-order valence-corrected chi connectivity index (χ4v) is 3.90. The van der Waals surface area contributed by atoms with E-state index in [1.165, 1.54) is 32.5 Å². The Kier molecular flexibility index (Phi) is 7.47. The number of benzene rings is 1. The molecule has 1 saturated heterocycles. The molecule has 1 aliphatic heterocycles. The van der Waals surface area contributed by atoms with Crippen LogP contribution >= 0.6 is 11.8 Å². The molecule has 0 bridgehead atoms. The fraction of sp³-hybridized carbons (Fsp3) is 0.500. The first-order valence-corrected chi connectivity index (χ1v) is 9.08. The van der Waals surface area contributed by atoms with E-state index in [0.717, 1.165) is 4.90 Å². The van der Waals surface area contributed by atoms with Gasteiger partial charge in [0.15, 0.2) is 0 Å². The number of thioether (sulfide) groups is 1. The molecule has 7 nitrogen and oxygen atoms in total. The maximum absolute atomic E-state index is 11.6. The van der Waals surface area contributed by atoms with E-state index in [9.17, 15) is 14.4 Å². The quantitative estimate of drug-likeness (QED) is 0.547. The van der Waals surface area contributed by atoms with Gasteiger partial charge in [-0.15, -0.1) is 11.8 Å². The zero-order valence-electron chi connectivity index (χ0n) is 14.9. The monoisotopic (exact) mass is 382 g/mol. The number of carbonyl (C=O) groups excluding carboxylic acids is 3. The predicted octanol–water partition coefficient (Wildman–Crippen LogP) is 2.32. The predicted molar refractivity (Wildman–Crippen MR) is 93.3 cm³/mol. The molecule has 1 aliphatic rings. The number of ether oxygens (including phenoxy) is 4. The van der Waals surface area contributed by atoms with E-state index < -0.39 is 36.4 Å². The number of hydrogen-bond acceptors (Lipinski definition) is 8. The third kappa shape index (κ3) is 6.34. The summed E-state index contributed by atoms with van der Waals surface area (Å²) in [6, 6.07) is 9.59. The highest BCUT2D eigenvalue weighted by atomic mass is 32.2. The maximum atomic E-state index is 11.6. The average molecular weight is 382 g/mol. The zero-order chi connectivity index (χ0) is 19.1. The summed E-state index contributed by atoms with van der Waals surface area (Å²) >= 11 is 1.49. The van der Waals surface area contributed by atoms with E-state index in [2.05, 4.69) is 0 Å². The summed E-state index contributed by atoms with van der Waals surface area (Å²) in [5.74, 6) is -1.41. The van der Waals surface area contributed by atoms with Crippen molar-refractivity contribution in [1.29, 1.82) is 0 Å². The van der Waals surface area contributed by atoms with Crippen LogP contribution in [0.4, 0.5) is 0 Å².